The number of hydrogen-bond donors (Lipinski definition) is 2. The van der Waals surface area contributed by atoms with E-state index in [0.717, 1.165) is 32.1 Å². The van der Waals surface area contributed by atoms with Gasteiger partial charge in [-0.1, -0.05) is 35.6 Å². The zero-order valence-corrected chi connectivity index (χ0v) is 14.3. The van der Waals surface area contributed by atoms with Gasteiger partial charge in [-0.3, -0.25) is 4.79 Å². The van der Waals surface area contributed by atoms with Crippen LogP contribution in [0.5, 0.6) is 0 Å². The first-order chi connectivity index (χ1) is 11.1. The minimum Gasteiger partial charge on any atom is -0.352 e. The van der Waals surface area contributed by atoms with E-state index in [2.05, 4.69) is 25.8 Å². The Bertz CT molecular complexity index is 809. The van der Waals surface area contributed by atoms with Gasteiger partial charge in [-0.05, 0) is 12.5 Å². The largest absolute Gasteiger partial charge is 0.352 e. The molecule has 118 valence electrons. The second-order valence-electron chi connectivity index (χ2n) is 4.90. The maximum atomic E-state index is 10.9. The summed E-state index contributed by atoms with van der Waals surface area (Å²) in [4.78, 5) is 15.5. The van der Waals surface area contributed by atoms with Gasteiger partial charge in [0.05, 0.1) is 5.69 Å². The Kier molecular flexibility index (Phi) is 4.63. The zero-order valence-electron chi connectivity index (χ0n) is 12.7. The molecule has 8 heteroatoms. The number of benzene rings is 1. The number of nitrogens with zero attached hydrogens (tertiary/aromatic N) is 3. The number of rotatable bonds is 5. The van der Waals surface area contributed by atoms with E-state index in [1.807, 2.05) is 36.6 Å². The third-order valence-corrected chi connectivity index (χ3v) is 4.55. The summed E-state index contributed by atoms with van der Waals surface area (Å²) in [6.07, 6.45) is 0. The molecule has 1 aromatic carbocycles. The molecule has 2 aromatic heterocycles. The molecule has 0 spiro atoms. The zero-order chi connectivity index (χ0) is 16.2. The molecule has 3 rings (SSSR count). The Morgan fingerprint density at radius 1 is 1.17 bits per heavy atom. The molecule has 0 fully saturated rings. The lowest BCUT2D eigenvalue weighted by Gasteiger charge is -2.03. The van der Waals surface area contributed by atoms with Crippen molar-refractivity contribution >= 4 is 38.8 Å². The molecule has 2 heterocycles. The Morgan fingerprint density at radius 2 is 1.96 bits per heavy atom. The first-order valence-corrected chi connectivity index (χ1v) is 8.66. The monoisotopic (exact) mass is 345 g/mol. The van der Waals surface area contributed by atoms with Gasteiger partial charge in [0.1, 0.15) is 5.01 Å². The summed E-state index contributed by atoms with van der Waals surface area (Å²) in [5, 5.41) is 18.4. The lowest BCUT2D eigenvalue weighted by molar-refractivity contribution is -0.119. The molecule has 0 radical (unpaired) electrons. The van der Waals surface area contributed by atoms with Crippen molar-refractivity contribution < 1.29 is 4.79 Å². The van der Waals surface area contributed by atoms with E-state index < -0.39 is 0 Å². The second kappa shape index (κ2) is 6.84. The van der Waals surface area contributed by atoms with Gasteiger partial charge in [-0.25, -0.2) is 4.98 Å². The quantitative estimate of drug-likeness (QED) is 0.741. The van der Waals surface area contributed by atoms with Crippen molar-refractivity contribution in [3.63, 3.8) is 0 Å². The normalized spacial score (nSPS) is 10.5. The Hall–Kier alpha value is -2.32. The van der Waals surface area contributed by atoms with Crippen LogP contribution in [0.15, 0.2) is 29.6 Å². The number of nitrogens with one attached hydrogen (secondary N) is 2. The lowest BCUT2D eigenvalue weighted by Crippen LogP contribution is -2.18. The summed E-state index contributed by atoms with van der Waals surface area (Å²) in [5.41, 5.74) is 3.00. The van der Waals surface area contributed by atoms with E-state index in [-0.39, 0.29) is 5.91 Å². The minimum absolute atomic E-state index is 0.0313. The molecule has 0 atom stereocenters. The van der Waals surface area contributed by atoms with Crippen molar-refractivity contribution in [2.45, 2.75) is 20.4 Å². The fraction of sp³-hybridized carbons (Fsp3) is 0.200. The van der Waals surface area contributed by atoms with Crippen molar-refractivity contribution in [3.05, 3.63) is 40.2 Å². The molecule has 0 saturated heterocycles. The highest BCUT2D eigenvalue weighted by Crippen LogP contribution is 2.28. The van der Waals surface area contributed by atoms with Crippen LogP contribution in [0.1, 0.15) is 17.5 Å². The van der Waals surface area contributed by atoms with Crippen LogP contribution in [0.3, 0.4) is 0 Å². The summed E-state index contributed by atoms with van der Waals surface area (Å²) in [5.74, 6) is -0.0313. The van der Waals surface area contributed by atoms with Gasteiger partial charge in [0.25, 0.3) is 0 Å². The summed E-state index contributed by atoms with van der Waals surface area (Å²) in [6, 6.07) is 7.99. The third kappa shape index (κ3) is 4.11. The first-order valence-electron chi connectivity index (χ1n) is 6.96. The van der Waals surface area contributed by atoms with Gasteiger partial charge in [-0.15, -0.1) is 21.5 Å². The summed E-state index contributed by atoms with van der Waals surface area (Å²) >= 11 is 3.02. The van der Waals surface area contributed by atoms with Gasteiger partial charge >= 0.3 is 0 Å². The van der Waals surface area contributed by atoms with Crippen LogP contribution in [0.25, 0.3) is 11.3 Å². The van der Waals surface area contributed by atoms with E-state index in [1.54, 1.807) is 0 Å². The number of anilines is 2. The van der Waals surface area contributed by atoms with Crippen molar-refractivity contribution in [3.8, 4) is 11.3 Å². The Balaban J connectivity index is 1.68. The predicted molar refractivity (Wildman–Crippen MR) is 93.0 cm³/mol. The number of hydrogen-bond acceptors (Lipinski definition) is 7. The molecule has 1 amide bonds. The number of aryl methyl sites for hydroxylation is 1. The van der Waals surface area contributed by atoms with Crippen LogP contribution in [0.4, 0.5) is 10.3 Å². The highest BCUT2D eigenvalue weighted by atomic mass is 32.1. The fourth-order valence-electron chi connectivity index (χ4n) is 1.92. The van der Waals surface area contributed by atoms with Crippen molar-refractivity contribution in [1.29, 1.82) is 0 Å². The van der Waals surface area contributed by atoms with E-state index in [9.17, 15) is 4.79 Å². The second-order valence-corrected chi connectivity index (χ2v) is 6.94. The van der Waals surface area contributed by atoms with E-state index in [1.165, 1.54) is 29.6 Å². The van der Waals surface area contributed by atoms with Crippen molar-refractivity contribution in [1.82, 2.24) is 20.5 Å². The fourth-order valence-corrected chi connectivity index (χ4v) is 3.30. The Morgan fingerprint density at radius 3 is 2.61 bits per heavy atom. The first kappa shape index (κ1) is 15.6. The van der Waals surface area contributed by atoms with Crippen LogP contribution in [-0.2, 0) is 11.3 Å². The van der Waals surface area contributed by atoms with E-state index in [4.69, 9.17) is 0 Å². The highest BCUT2D eigenvalue weighted by molar-refractivity contribution is 7.16. The molecule has 0 saturated carbocycles. The predicted octanol–water partition coefficient (Wildman–Crippen LogP) is 3.35. The van der Waals surface area contributed by atoms with Crippen LogP contribution in [-0.4, -0.2) is 21.1 Å². The molecule has 3 aromatic rings. The number of aromatic nitrogens is 3. The number of carbonyl (C=O) groups is 1. The topological polar surface area (TPSA) is 79.8 Å². The van der Waals surface area contributed by atoms with Gasteiger partial charge < -0.3 is 10.6 Å². The molecular formula is C15H15N5OS2. The number of thiazole rings is 1. The molecule has 0 aliphatic carbocycles. The average Bonchev–Trinajstić information content (AvgIpc) is 3.15. The Labute approximate surface area is 141 Å². The van der Waals surface area contributed by atoms with Crippen LogP contribution in [0, 0.1) is 6.92 Å². The molecule has 0 bridgehead atoms. The summed E-state index contributed by atoms with van der Waals surface area (Å²) < 4.78 is 0. The smallest absolute Gasteiger partial charge is 0.217 e. The highest BCUT2D eigenvalue weighted by Gasteiger charge is 2.07. The standard InChI is InChI=1S/C15H15N5OS2/c1-9(21)16-7-11-3-5-12(6-4-11)13-8-22-14(17-13)18-15-20-19-10(2)23-15/h3-6,8H,7H2,1-2H3,(H,16,21)(H,17,18,20). The maximum Gasteiger partial charge on any atom is 0.217 e. The number of carbonyl (C=O) groups excluding carboxylic acids is 1. The lowest BCUT2D eigenvalue weighted by atomic mass is 10.1. The SMILES string of the molecule is CC(=O)NCc1ccc(-c2csc(Nc3nnc(C)s3)n2)cc1. The molecule has 23 heavy (non-hydrogen) atoms. The van der Waals surface area contributed by atoms with Gasteiger partial charge in [0, 0.05) is 24.4 Å². The molecule has 0 unspecified atom stereocenters. The molecule has 0 aliphatic heterocycles. The minimum atomic E-state index is -0.0313. The van der Waals surface area contributed by atoms with E-state index in [0.29, 0.717) is 6.54 Å². The van der Waals surface area contributed by atoms with Crippen molar-refractivity contribution in [2.24, 2.45) is 0 Å². The molecular weight excluding hydrogens is 330 g/mol. The molecule has 6 nitrogen and oxygen atoms in total. The van der Waals surface area contributed by atoms with E-state index >= 15 is 0 Å². The van der Waals surface area contributed by atoms with Crippen LogP contribution in [0.2, 0.25) is 0 Å². The molecule has 2 N–H and O–H groups in total. The van der Waals surface area contributed by atoms with Crippen LogP contribution < -0.4 is 10.6 Å². The number of amides is 1. The summed E-state index contributed by atoms with van der Waals surface area (Å²) in [6.45, 7) is 3.96. The average molecular weight is 345 g/mol. The van der Waals surface area contributed by atoms with Gasteiger partial charge in [-0.2, -0.15) is 0 Å². The third-order valence-electron chi connectivity index (χ3n) is 3.04. The van der Waals surface area contributed by atoms with Crippen LogP contribution >= 0.6 is 22.7 Å². The summed E-state index contributed by atoms with van der Waals surface area (Å²) in [7, 11) is 0. The van der Waals surface area contributed by atoms with Gasteiger partial charge in [0.2, 0.25) is 11.0 Å². The molecule has 0 aliphatic rings. The van der Waals surface area contributed by atoms with Gasteiger partial charge in [0.15, 0.2) is 5.13 Å². The van der Waals surface area contributed by atoms with Crippen molar-refractivity contribution in [2.75, 3.05) is 5.32 Å². The maximum absolute atomic E-state index is 10.9.